The van der Waals surface area contributed by atoms with Gasteiger partial charge in [-0.2, -0.15) is 0 Å². The van der Waals surface area contributed by atoms with Crippen LogP contribution in [0.5, 0.6) is 0 Å². The van der Waals surface area contributed by atoms with Crippen molar-refractivity contribution in [1.82, 2.24) is 4.90 Å². The van der Waals surface area contributed by atoms with E-state index in [1.54, 1.807) is 0 Å². The first kappa shape index (κ1) is 14.1. The normalized spacial score (nSPS) is 15.7. The van der Waals surface area contributed by atoms with Gasteiger partial charge in [-0.3, -0.25) is 4.79 Å². The minimum atomic E-state index is 0.223. The van der Waals surface area contributed by atoms with Crippen LogP contribution in [0.4, 0.5) is 0 Å². The molecule has 0 atom stereocenters. The van der Waals surface area contributed by atoms with Gasteiger partial charge in [0, 0.05) is 19.1 Å². The Morgan fingerprint density at radius 1 is 1.26 bits per heavy atom. The fourth-order valence-electron chi connectivity index (χ4n) is 2.85. The number of hydrogen-bond acceptors (Lipinski definition) is 2. The molecule has 19 heavy (non-hydrogen) atoms. The zero-order valence-electron chi connectivity index (χ0n) is 11.8. The molecule has 1 amide bonds. The summed E-state index contributed by atoms with van der Waals surface area (Å²) < 4.78 is 0. The third-order valence-corrected chi connectivity index (χ3v) is 3.93. The van der Waals surface area contributed by atoms with E-state index in [0.29, 0.717) is 25.6 Å². The topological polar surface area (TPSA) is 46.3 Å². The van der Waals surface area contributed by atoms with Crippen molar-refractivity contribution in [3.05, 3.63) is 35.4 Å². The highest BCUT2D eigenvalue weighted by molar-refractivity contribution is 5.79. The first-order valence-electron chi connectivity index (χ1n) is 7.26. The number of aryl methyl sites for hydroxylation is 1. The second kappa shape index (κ2) is 6.71. The second-order valence-corrected chi connectivity index (χ2v) is 5.48. The molecule has 1 aliphatic rings. The van der Waals surface area contributed by atoms with Gasteiger partial charge in [0.1, 0.15) is 0 Å². The molecule has 1 fully saturated rings. The summed E-state index contributed by atoms with van der Waals surface area (Å²) in [4.78, 5) is 14.5. The zero-order valence-corrected chi connectivity index (χ0v) is 11.8. The molecule has 0 aromatic heterocycles. The molecule has 1 aromatic carbocycles. The molecule has 0 unspecified atom stereocenters. The molecular formula is C16H24N2O. The summed E-state index contributed by atoms with van der Waals surface area (Å²) in [7, 11) is 0. The van der Waals surface area contributed by atoms with Gasteiger partial charge in [-0.25, -0.2) is 0 Å². The third-order valence-electron chi connectivity index (χ3n) is 3.93. The standard InChI is InChI=1S/C16H24N2O/c1-13-6-8-14(9-7-13)12-16(19)18(11-10-17)15-4-2-3-5-15/h6-9,15H,2-5,10-12,17H2,1H3. The molecule has 2 rings (SSSR count). The van der Waals surface area contributed by atoms with E-state index in [1.165, 1.54) is 18.4 Å². The van der Waals surface area contributed by atoms with Gasteiger partial charge in [-0.1, -0.05) is 42.7 Å². The zero-order chi connectivity index (χ0) is 13.7. The van der Waals surface area contributed by atoms with E-state index < -0.39 is 0 Å². The molecule has 0 heterocycles. The predicted octanol–water partition coefficient (Wildman–Crippen LogP) is 2.27. The smallest absolute Gasteiger partial charge is 0.227 e. The van der Waals surface area contributed by atoms with Crippen molar-refractivity contribution in [3.63, 3.8) is 0 Å². The average Bonchev–Trinajstić information content (AvgIpc) is 2.92. The van der Waals surface area contributed by atoms with Gasteiger partial charge in [-0.15, -0.1) is 0 Å². The Morgan fingerprint density at radius 3 is 2.47 bits per heavy atom. The molecular weight excluding hydrogens is 236 g/mol. The van der Waals surface area contributed by atoms with Crippen molar-refractivity contribution in [2.24, 2.45) is 5.73 Å². The van der Waals surface area contributed by atoms with E-state index in [2.05, 4.69) is 19.1 Å². The summed E-state index contributed by atoms with van der Waals surface area (Å²) in [5.41, 5.74) is 7.97. The molecule has 0 bridgehead atoms. The van der Waals surface area contributed by atoms with Crippen molar-refractivity contribution in [2.45, 2.75) is 45.1 Å². The quantitative estimate of drug-likeness (QED) is 0.882. The van der Waals surface area contributed by atoms with E-state index >= 15 is 0 Å². The van der Waals surface area contributed by atoms with Gasteiger partial charge in [0.15, 0.2) is 0 Å². The summed E-state index contributed by atoms with van der Waals surface area (Å²) in [6, 6.07) is 8.63. The van der Waals surface area contributed by atoms with Crippen molar-refractivity contribution in [3.8, 4) is 0 Å². The van der Waals surface area contributed by atoms with Gasteiger partial charge >= 0.3 is 0 Å². The van der Waals surface area contributed by atoms with Crippen LogP contribution in [0.25, 0.3) is 0 Å². The minimum Gasteiger partial charge on any atom is -0.338 e. The fraction of sp³-hybridized carbons (Fsp3) is 0.562. The summed E-state index contributed by atoms with van der Waals surface area (Å²) in [5, 5.41) is 0. The number of nitrogens with two attached hydrogens (primary N) is 1. The van der Waals surface area contributed by atoms with E-state index in [4.69, 9.17) is 5.73 Å². The maximum atomic E-state index is 12.4. The van der Waals surface area contributed by atoms with Crippen LogP contribution in [0.3, 0.4) is 0 Å². The molecule has 3 nitrogen and oxygen atoms in total. The molecule has 2 N–H and O–H groups in total. The highest BCUT2D eigenvalue weighted by Crippen LogP contribution is 2.23. The number of hydrogen-bond donors (Lipinski definition) is 1. The number of rotatable bonds is 5. The summed E-state index contributed by atoms with van der Waals surface area (Å²) in [6.07, 6.45) is 5.25. The van der Waals surface area contributed by atoms with Crippen LogP contribution >= 0.6 is 0 Å². The Labute approximate surface area is 115 Å². The van der Waals surface area contributed by atoms with Crippen molar-refractivity contribution in [2.75, 3.05) is 13.1 Å². The number of carbonyl (C=O) groups is 1. The Morgan fingerprint density at radius 2 is 1.89 bits per heavy atom. The third kappa shape index (κ3) is 3.80. The molecule has 104 valence electrons. The number of amides is 1. The minimum absolute atomic E-state index is 0.223. The summed E-state index contributed by atoms with van der Waals surface area (Å²) in [6.45, 7) is 3.30. The maximum Gasteiger partial charge on any atom is 0.227 e. The van der Waals surface area contributed by atoms with Crippen LogP contribution in [0.1, 0.15) is 36.8 Å². The highest BCUT2D eigenvalue weighted by atomic mass is 16.2. The summed E-state index contributed by atoms with van der Waals surface area (Å²) >= 11 is 0. The van der Waals surface area contributed by atoms with Crippen LogP contribution in [-0.4, -0.2) is 29.9 Å². The lowest BCUT2D eigenvalue weighted by Gasteiger charge is -2.28. The van der Waals surface area contributed by atoms with Gasteiger partial charge < -0.3 is 10.6 Å². The number of carbonyl (C=O) groups excluding carboxylic acids is 1. The van der Waals surface area contributed by atoms with E-state index in [1.807, 2.05) is 17.0 Å². The van der Waals surface area contributed by atoms with Crippen LogP contribution in [0, 0.1) is 6.92 Å². The van der Waals surface area contributed by atoms with Crippen LogP contribution < -0.4 is 5.73 Å². The number of nitrogens with zero attached hydrogens (tertiary/aromatic N) is 1. The molecule has 3 heteroatoms. The Balaban J connectivity index is 2.00. The highest BCUT2D eigenvalue weighted by Gasteiger charge is 2.25. The van der Waals surface area contributed by atoms with Crippen LogP contribution in [0.15, 0.2) is 24.3 Å². The molecule has 0 radical (unpaired) electrons. The van der Waals surface area contributed by atoms with Crippen molar-refractivity contribution < 1.29 is 4.79 Å². The van der Waals surface area contributed by atoms with Gasteiger partial charge in [0.05, 0.1) is 6.42 Å². The lowest BCUT2D eigenvalue weighted by Crippen LogP contribution is -2.42. The van der Waals surface area contributed by atoms with E-state index in [-0.39, 0.29) is 5.91 Å². The van der Waals surface area contributed by atoms with Crippen molar-refractivity contribution in [1.29, 1.82) is 0 Å². The monoisotopic (exact) mass is 260 g/mol. The van der Waals surface area contributed by atoms with Crippen LogP contribution in [-0.2, 0) is 11.2 Å². The molecule has 1 saturated carbocycles. The first-order valence-corrected chi connectivity index (χ1v) is 7.26. The van der Waals surface area contributed by atoms with Crippen molar-refractivity contribution >= 4 is 5.91 Å². The SMILES string of the molecule is Cc1ccc(CC(=O)N(CCN)C2CCCC2)cc1. The fourth-order valence-corrected chi connectivity index (χ4v) is 2.85. The molecule has 1 aromatic rings. The maximum absolute atomic E-state index is 12.4. The number of benzene rings is 1. The van der Waals surface area contributed by atoms with Crippen LogP contribution in [0.2, 0.25) is 0 Å². The average molecular weight is 260 g/mol. The Kier molecular flexibility index (Phi) is 4.97. The molecule has 0 aliphatic heterocycles. The lowest BCUT2D eigenvalue weighted by molar-refractivity contribution is -0.132. The second-order valence-electron chi connectivity index (χ2n) is 5.48. The van der Waals surface area contributed by atoms with E-state index in [0.717, 1.165) is 18.4 Å². The van der Waals surface area contributed by atoms with Gasteiger partial charge in [0.25, 0.3) is 0 Å². The largest absolute Gasteiger partial charge is 0.338 e. The van der Waals surface area contributed by atoms with E-state index in [9.17, 15) is 4.79 Å². The molecule has 0 saturated heterocycles. The molecule has 1 aliphatic carbocycles. The Bertz CT molecular complexity index is 407. The lowest BCUT2D eigenvalue weighted by atomic mass is 10.1. The van der Waals surface area contributed by atoms with Gasteiger partial charge in [0.2, 0.25) is 5.91 Å². The van der Waals surface area contributed by atoms with Gasteiger partial charge in [-0.05, 0) is 25.3 Å². The summed E-state index contributed by atoms with van der Waals surface area (Å²) in [5.74, 6) is 0.223. The Hall–Kier alpha value is -1.35. The predicted molar refractivity (Wildman–Crippen MR) is 77.9 cm³/mol. The first-order chi connectivity index (χ1) is 9.20. The molecule has 0 spiro atoms.